The predicted octanol–water partition coefficient (Wildman–Crippen LogP) is 2.35. The molecule has 0 saturated heterocycles. The first-order valence-corrected chi connectivity index (χ1v) is 7.31. The molecule has 0 fully saturated rings. The summed E-state index contributed by atoms with van der Waals surface area (Å²) in [4.78, 5) is 4.43. The van der Waals surface area contributed by atoms with Crippen molar-refractivity contribution in [3.8, 4) is 0 Å². The highest BCUT2D eigenvalue weighted by Crippen LogP contribution is 2.34. The SMILES string of the molecule is CC(C)(CO)C(CNC1=NCCCN1)c1ccccc1.I. The van der Waals surface area contributed by atoms with Crippen LogP contribution in [0.3, 0.4) is 0 Å². The molecular formula is C16H26IN3O. The molecule has 1 unspecified atom stereocenters. The fourth-order valence-corrected chi connectivity index (χ4v) is 2.49. The number of guanidine groups is 1. The lowest BCUT2D eigenvalue weighted by atomic mass is 9.75. The van der Waals surface area contributed by atoms with E-state index in [1.54, 1.807) is 0 Å². The van der Waals surface area contributed by atoms with Gasteiger partial charge in [-0.3, -0.25) is 4.99 Å². The van der Waals surface area contributed by atoms with Crippen molar-refractivity contribution >= 4 is 29.9 Å². The van der Waals surface area contributed by atoms with Gasteiger partial charge < -0.3 is 15.7 Å². The van der Waals surface area contributed by atoms with E-state index in [1.807, 2.05) is 18.2 Å². The smallest absolute Gasteiger partial charge is 0.191 e. The highest BCUT2D eigenvalue weighted by Gasteiger charge is 2.30. The molecule has 21 heavy (non-hydrogen) atoms. The second kappa shape index (κ2) is 8.58. The van der Waals surface area contributed by atoms with E-state index in [0.29, 0.717) is 0 Å². The molecule has 1 aromatic rings. The minimum Gasteiger partial charge on any atom is -0.396 e. The summed E-state index contributed by atoms with van der Waals surface area (Å²) >= 11 is 0. The summed E-state index contributed by atoms with van der Waals surface area (Å²) in [6.45, 7) is 6.99. The van der Waals surface area contributed by atoms with Gasteiger partial charge in [0, 0.05) is 32.2 Å². The quantitative estimate of drug-likeness (QED) is 0.662. The summed E-state index contributed by atoms with van der Waals surface area (Å²) in [6, 6.07) is 10.4. The Hall–Kier alpha value is -0.820. The van der Waals surface area contributed by atoms with Gasteiger partial charge in [0.25, 0.3) is 0 Å². The first-order chi connectivity index (χ1) is 9.63. The fraction of sp³-hybridized carbons (Fsp3) is 0.562. The number of rotatable bonds is 5. The molecule has 3 N–H and O–H groups in total. The standard InChI is InChI=1S/C16H25N3O.HI/c1-16(2,12-20)14(13-7-4-3-5-8-13)11-19-15-17-9-6-10-18-15;/h3-5,7-8,14,20H,6,9-12H2,1-2H3,(H2,17,18,19);1H. The molecule has 0 amide bonds. The largest absolute Gasteiger partial charge is 0.396 e. The van der Waals surface area contributed by atoms with Crippen LogP contribution in [0.25, 0.3) is 0 Å². The Bertz CT molecular complexity index is 448. The zero-order valence-corrected chi connectivity index (χ0v) is 15.1. The number of nitrogens with one attached hydrogen (secondary N) is 2. The molecule has 5 heteroatoms. The van der Waals surface area contributed by atoms with Gasteiger partial charge in [0.1, 0.15) is 0 Å². The zero-order chi connectivity index (χ0) is 14.4. The molecule has 0 bridgehead atoms. The predicted molar refractivity (Wildman–Crippen MR) is 98.4 cm³/mol. The number of hydrogen-bond donors (Lipinski definition) is 3. The summed E-state index contributed by atoms with van der Waals surface area (Å²) in [5.41, 5.74) is 1.07. The third-order valence-electron chi connectivity index (χ3n) is 3.92. The summed E-state index contributed by atoms with van der Waals surface area (Å²) in [7, 11) is 0. The van der Waals surface area contributed by atoms with E-state index in [2.05, 4.69) is 41.6 Å². The number of benzene rings is 1. The van der Waals surface area contributed by atoms with E-state index in [9.17, 15) is 5.11 Å². The van der Waals surface area contributed by atoms with Crippen molar-refractivity contribution in [3.05, 3.63) is 35.9 Å². The maximum Gasteiger partial charge on any atom is 0.191 e. The van der Waals surface area contributed by atoms with Gasteiger partial charge in [0.15, 0.2) is 5.96 Å². The Kier molecular flexibility index (Phi) is 7.45. The van der Waals surface area contributed by atoms with E-state index in [0.717, 1.165) is 32.0 Å². The maximum absolute atomic E-state index is 9.69. The molecule has 118 valence electrons. The van der Waals surface area contributed by atoms with Crippen molar-refractivity contribution in [2.24, 2.45) is 10.4 Å². The number of hydrogen-bond acceptors (Lipinski definition) is 4. The van der Waals surface area contributed by atoms with Crippen molar-refractivity contribution in [3.63, 3.8) is 0 Å². The topological polar surface area (TPSA) is 56.6 Å². The van der Waals surface area contributed by atoms with Crippen molar-refractivity contribution in [1.82, 2.24) is 10.6 Å². The van der Waals surface area contributed by atoms with Crippen molar-refractivity contribution < 1.29 is 5.11 Å². The lowest BCUT2D eigenvalue weighted by Crippen LogP contribution is -2.44. The second-order valence-corrected chi connectivity index (χ2v) is 6.00. The van der Waals surface area contributed by atoms with Crippen LogP contribution in [-0.2, 0) is 0 Å². The van der Waals surface area contributed by atoms with Gasteiger partial charge in [-0.05, 0) is 17.4 Å². The molecule has 0 aromatic heterocycles. The van der Waals surface area contributed by atoms with Crippen LogP contribution in [0.4, 0.5) is 0 Å². The lowest BCUT2D eigenvalue weighted by molar-refractivity contribution is 0.131. The van der Waals surface area contributed by atoms with Crippen molar-refractivity contribution in [2.75, 3.05) is 26.2 Å². The Labute approximate surface area is 144 Å². The summed E-state index contributed by atoms with van der Waals surface area (Å²) in [5, 5.41) is 16.3. The normalized spacial score (nSPS) is 16.2. The summed E-state index contributed by atoms with van der Waals surface area (Å²) in [6.07, 6.45) is 1.09. The second-order valence-electron chi connectivity index (χ2n) is 6.00. The van der Waals surface area contributed by atoms with E-state index in [-0.39, 0.29) is 41.9 Å². The van der Waals surface area contributed by atoms with Crippen LogP contribution >= 0.6 is 24.0 Å². The molecule has 4 nitrogen and oxygen atoms in total. The van der Waals surface area contributed by atoms with Crippen LogP contribution in [0, 0.1) is 5.41 Å². The van der Waals surface area contributed by atoms with E-state index in [1.165, 1.54) is 5.56 Å². The Morgan fingerprint density at radius 3 is 2.62 bits per heavy atom. The summed E-state index contributed by atoms with van der Waals surface area (Å²) < 4.78 is 0. The first kappa shape index (κ1) is 18.2. The maximum atomic E-state index is 9.69. The third-order valence-corrected chi connectivity index (χ3v) is 3.92. The first-order valence-electron chi connectivity index (χ1n) is 7.31. The van der Waals surface area contributed by atoms with Gasteiger partial charge in [0.2, 0.25) is 0 Å². The van der Waals surface area contributed by atoms with E-state index >= 15 is 0 Å². The summed E-state index contributed by atoms with van der Waals surface area (Å²) in [5.74, 6) is 1.12. The molecule has 1 aliphatic heterocycles. The molecule has 1 aromatic carbocycles. The minimum atomic E-state index is -0.177. The highest BCUT2D eigenvalue weighted by molar-refractivity contribution is 14.0. The van der Waals surface area contributed by atoms with Gasteiger partial charge in [-0.25, -0.2) is 0 Å². The highest BCUT2D eigenvalue weighted by atomic mass is 127. The molecular weight excluding hydrogens is 377 g/mol. The molecule has 2 rings (SSSR count). The van der Waals surface area contributed by atoms with Crippen LogP contribution in [0.2, 0.25) is 0 Å². The number of aliphatic hydroxyl groups is 1. The van der Waals surface area contributed by atoms with Crippen LogP contribution in [0.1, 0.15) is 31.7 Å². The minimum absolute atomic E-state index is 0. The molecule has 0 aliphatic carbocycles. The number of aliphatic hydroxyl groups excluding tert-OH is 1. The monoisotopic (exact) mass is 403 g/mol. The Morgan fingerprint density at radius 2 is 2.05 bits per heavy atom. The lowest BCUT2D eigenvalue weighted by Gasteiger charge is -2.34. The van der Waals surface area contributed by atoms with Gasteiger partial charge in [-0.15, -0.1) is 24.0 Å². The van der Waals surface area contributed by atoms with Gasteiger partial charge in [-0.1, -0.05) is 44.2 Å². The van der Waals surface area contributed by atoms with E-state index < -0.39 is 0 Å². The van der Waals surface area contributed by atoms with Gasteiger partial charge in [-0.2, -0.15) is 0 Å². The van der Waals surface area contributed by atoms with E-state index in [4.69, 9.17) is 0 Å². The molecule has 1 atom stereocenters. The molecule has 0 spiro atoms. The number of halogens is 1. The van der Waals surface area contributed by atoms with Crippen LogP contribution in [0.15, 0.2) is 35.3 Å². The Balaban J connectivity index is 0.00000220. The third kappa shape index (κ3) is 5.14. The van der Waals surface area contributed by atoms with Crippen molar-refractivity contribution in [1.29, 1.82) is 0 Å². The number of aliphatic imine (C=N–C) groups is 1. The molecule has 1 heterocycles. The van der Waals surface area contributed by atoms with Crippen LogP contribution in [0.5, 0.6) is 0 Å². The molecule has 0 radical (unpaired) electrons. The average Bonchev–Trinajstić information content (AvgIpc) is 2.49. The van der Waals surface area contributed by atoms with Gasteiger partial charge in [0.05, 0.1) is 0 Å². The molecule has 0 saturated carbocycles. The average molecular weight is 403 g/mol. The zero-order valence-electron chi connectivity index (χ0n) is 12.8. The van der Waals surface area contributed by atoms with Crippen LogP contribution in [-0.4, -0.2) is 37.3 Å². The fourth-order valence-electron chi connectivity index (χ4n) is 2.49. The van der Waals surface area contributed by atoms with Crippen LogP contribution < -0.4 is 10.6 Å². The van der Waals surface area contributed by atoms with Gasteiger partial charge >= 0.3 is 0 Å². The van der Waals surface area contributed by atoms with Crippen molar-refractivity contribution in [2.45, 2.75) is 26.2 Å². The molecule has 1 aliphatic rings. The number of nitrogens with zero attached hydrogens (tertiary/aromatic N) is 1. The Morgan fingerprint density at radius 1 is 1.33 bits per heavy atom.